The Morgan fingerprint density at radius 2 is 1.86 bits per heavy atom. The van der Waals surface area contributed by atoms with Gasteiger partial charge in [-0.05, 0) is 60.2 Å². The summed E-state index contributed by atoms with van der Waals surface area (Å²) in [7, 11) is -2.17. The standard InChI is InChI=1S/C27H29ClN2O4S2/c1-4-5-9-20-17-30(19-10-7-6-8-11-19)24-16-25(35-3)21(15-26(24)36(33,34)29(20)2)18-12-13-23(28)22(14-18)27(31)32/h6-8,10-16,20H,4-5,9,17H2,1-3H3,(H,31,32). The van der Waals surface area contributed by atoms with Crippen LogP contribution in [0.4, 0.5) is 11.4 Å². The number of rotatable bonds is 7. The number of halogens is 1. The maximum Gasteiger partial charge on any atom is 0.337 e. The van der Waals surface area contributed by atoms with Crippen LogP contribution in [0.25, 0.3) is 11.1 Å². The number of fused-ring (bicyclic) bond motifs is 1. The Bertz CT molecular complexity index is 1380. The molecule has 3 aromatic rings. The van der Waals surface area contributed by atoms with Crippen molar-refractivity contribution in [1.29, 1.82) is 0 Å². The Balaban J connectivity index is 1.98. The second kappa shape index (κ2) is 10.8. The number of carboxylic acids is 1. The Labute approximate surface area is 221 Å². The van der Waals surface area contributed by atoms with Gasteiger partial charge in [-0.3, -0.25) is 0 Å². The van der Waals surface area contributed by atoms with Crippen molar-refractivity contribution < 1.29 is 18.3 Å². The number of hydrogen-bond acceptors (Lipinski definition) is 5. The van der Waals surface area contributed by atoms with Crippen molar-refractivity contribution >= 4 is 50.7 Å². The van der Waals surface area contributed by atoms with Crippen LogP contribution in [0.1, 0.15) is 36.5 Å². The molecule has 0 fully saturated rings. The summed E-state index contributed by atoms with van der Waals surface area (Å²) in [5.74, 6) is -1.14. The minimum atomic E-state index is -3.83. The predicted octanol–water partition coefficient (Wildman–Crippen LogP) is 6.76. The smallest absolute Gasteiger partial charge is 0.337 e. The summed E-state index contributed by atoms with van der Waals surface area (Å²) in [6.45, 7) is 2.63. The summed E-state index contributed by atoms with van der Waals surface area (Å²) < 4.78 is 29.4. The van der Waals surface area contributed by atoms with Crippen LogP contribution < -0.4 is 4.90 Å². The number of carboxylic acid groups (broad SMARTS) is 1. The SMILES string of the molecule is CCCCC1CN(c2ccccc2)c2cc(SC)c(-c3ccc(Cl)c(C(=O)O)c3)cc2S(=O)(=O)N1C. The lowest BCUT2D eigenvalue weighted by atomic mass is 10.0. The minimum absolute atomic E-state index is 0.0262. The van der Waals surface area contributed by atoms with Gasteiger partial charge in [0.25, 0.3) is 0 Å². The minimum Gasteiger partial charge on any atom is -0.478 e. The van der Waals surface area contributed by atoms with E-state index in [1.807, 2.05) is 42.7 Å². The highest BCUT2D eigenvalue weighted by molar-refractivity contribution is 7.98. The Morgan fingerprint density at radius 3 is 2.50 bits per heavy atom. The van der Waals surface area contributed by atoms with E-state index in [-0.39, 0.29) is 21.5 Å². The third-order valence-corrected chi connectivity index (χ3v) is 9.65. The van der Waals surface area contributed by atoms with Gasteiger partial charge in [0.05, 0.1) is 16.3 Å². The molecule has 1 N–H and O–H groups in total. The lowest BCUT2D eigenvalue weighted by molar-refractivity contribution is 0.0697. The van der Waals surface area contributed by atoms with E-state index in [4.69, 9.17) is 11.6 Å². The van der Waals surface area contributed by atoms with E-state index in [1.165, 1.54) is 28.2 Å². The zero-order chi connectivity index (χ0) is 26.0. The fraction of sp³-hybridized carbons (Fsp3) is 0.296. The third kappa shape index (κ3) is 5.00. The summed E-state index contributed by atoms with van der Waals surface area (Å²) in [5.41, 5.74) is 2.76. The van der Waals surface area contributed by atoms with Crippen molar-refractivity contribution in [3.05, 3.63) is 71.2 Å². The molecule has 1 aliphatic heterocycles. The van der Waals surface area contributed by atoms with E-state index in [1.54, 1.807) is 19.2 Å². The molecular formula is C27H29ClN2O4S2. The summed E-state index contributed by atoms with van der Waals surface area (Å²) >= 11 is 7.59. The number of thioether (sulfide) groups is 1. The number of sulfonamides is 1. The molecule has 0 saturated carbocycles. The van der Waals surface area contributed by atoms with Gasteiger partial charge in [-0.1, -0.05) is 55.6 Å². The molecule has 1 heterocycles. The molecule has 36 heavy (non-hydrogen) atoms. The number of para-hydroxylation sites is 1. The number of anilines is 2. The van der Waals surface area contributed by atoms with Crippen molar-refractivity contribution in [3.8, 4) is 11.1 Å². The molecule has 0 radical (unpaired) electrons. The zero-order valence-corrected chi connectivity index (χ0v) is 22.8. The van der Waals surface area contributed by atoms with E-state index in [9.17, 15) is 18.3 Å². The molecular weight excluding hydrogens is 516 g/mol. The molecule has 1 aliphatic rings. The fourth-order valence-corrected chi connectivity index (χ4v) is 6.96. The summed E-state index contributed by atoms with van der Waals surface area (Å²) in [5, 5.41) is 9.70. The Morgan fingerprint density at radius 1 is 1.14 bits per heavy atom. The molecule has 0 amide bonds. The number of carbonyl (C=O) groups is 1. The predicted molar refractivity (Wildman–Crippen MR) is 147 cm³/mol. The number of nitrogens with zero attached hydrogens (tertiary/aromatic N) is 2. The maximum absolute atomic E-state index is 14.0. The highest BCUT2D eigenvalue weighted by Gasteiger charge is 2.37. The van der Waals surface area contributed by atoms with Crippen LogP contribution in [-0.2, 0) is 10.0 Å². The second-order valence-corrected chi connectivity index (χ2v) is 12.0. The summed E-state index contributed by atoms with van der Waals surface area (Å²) in [6.07, 6.45) is 4.58. The highest BCUT2D eigenvalue weighted by Crippen LogP contribution is 2.44. The summed E-state index contributed by atoms with van der Waals surface area (Å²) in [6, 6.07) is 18.0. The van der Waals surface area contributed by atoms with Crippen LogP contribution in [0.2, 0.25) is 5.02 Å². The lowest BCUT2D eigenvalue weighted by Gasteiger charge is -2.29. The molecule has 6 nitrogen and oxygen atoms in total. The largest absolute Gasteiger partial charge is 0.478 e. The topological polar surface area (TPSA) is 77.9 Å². The van der Waals surface area contributed by atoms with Gasteiger partial charge in [-0.15, -0.1) is 11.8 Å². The van der Waals surface area contributed by atoms with E-state index < -0.39 is 16.0 Å². The van der Waals surface area contributed by atoms with Crippen molar-refractivity contribution in [2.75, 3.05) is 24.7 Å². The van der Waals surface area contributed by atoms with Crippen molar-refractivity contribution in [3.63, 3.8) is 0 Å². The molecule has 4 rings (SSSR count). The van der Waals surface area contributed by atoms with Crippen LogP contribution in [0.3, 0.4) is 0 Å². The molecule has 0 aromatic heterocycles. The van der Waals surface area contributed by atoms with Crippen molar-refractivity contribution in [2.24, 2.45) is 0 Å². The van der Waals surface area contributed by atoms with E-state index in [2.05, 4.69) is 11.8 Å². The number of aromatic carboxylic acids is 1. The van der Waals surface area contributed by atoms with Crippen LogP contribution >= 0.6 is 23.4 Å². The number of likely N-dealkylation sites (N-methyl/N-ethyl adjacent to an activating group) is 1. The highest BCUT2D eigenvalue weighted by atomic mass is 35.5. The Kier molecular flexibility index (Phi) is 7.99. The average Bonchev–Trinajstić information content (AvgIpc) is 2.95. The lowest BCUT2D eigenvalue weighted by Crippen LogP contribution is -2.40. The van der Waals surface area contributed by atoms with Gasteiger partial charge in [-0.25, -0.2) is 13.2 Å². The van der Waals surface area contributed by atoms with E-state index in [0.717, 1.165) is 29.8 Å². The first-order valence-electron chi connectivity index (χ1n) is 11.7. The third-order valence-electron chi connectivity index (χ3n) is 6.60. The quantitative estimate of drug-likeness (QED) is 0.331. The number of benzene rings is 3. The number of unbranched alkanes of at least 4 members (excludes halogenated alkanes) is 1. The first kappa shape index (κ1) is 26.5. The molecule has 9 heteroatoms. The number of hydrogen-bond donors (Lipinski definition) is 1. The Hall–Kier alpha value is -2.52. The van der Waals surface area contributed by atoms with Gasteiger partial charge in [0.15, 0.2) is 0 Å². The first-order valence-corrected chi connectivity index (χ1v) is 14.8. The maximum atomic E-state index is 14.0. The molecule has 1 atom stereocenters. The molecule has 190 valence electrons. The normalized spacial score (nSPS) is 17.4. The fourth-order valence-electron chi connectivity index (χ4n) is 4.56. The van der Waals surface area contributed by atoms with Crippen LogP contribution in [0.15, 0.2) is 70.5 Å². The van der Waals surface area contributed by atoms with Gasteiger partial charge >= 0.3 is 5.97 Å². The van der Waals surface area contributed by atoms with E-state index in [0.29, 0.717) is 23.4 Å². The van der Waals surface area contributed by atoms with Crippen molar-refractivity contribution in [2.45, 2.75) is 42.0 Å². The first-order chi connectivity index (χ1) is 17.2. The van der Waals surface area contributed by atoms with Gasteiger partial charge in [0.2, 0.25) is 10.0 Å². The van der Waals surface area contributed by atoms with Gasteiger partial charge in [0.1, 0.15) is 4.90 Å². The molecule has 3 aromatic carbocycles. The summed E-state index contributed by atoms with van der Waals surface area (Å²) in [4.78, 5) is 14.8. The molecule has 0 aliphatic carbocycles. The van der Waals surface area contributed by atoms with Gasteiger partial charge < -0.3 is 10.0 Å². The van der Waals surface area contributed by atoms with E-state index >= 15 is 0 Å². The van der Waals surface area contributed by atoms with Gasteiger partial charge in [0, 0.05) is 30.2 Å². The van der Waals surface area contributed by atoms with Crippen LogP contribution in [-0.4, -0.2) is 49.7 Å². The second-order valence-electron chi connectivity index (χ2n) is 8.78. The molecule has 0 spiro atoms. The molecule has 1 unspecified atom stereocenters. The molecule has 0 saturated heterocycles. The molecule has 0 bridgehead atoms. The zero-order valence-electron chi connectivity index (χ0n) is 20.4. The van der Waals surface area contributed by atoms with Crippen LogP contribution in [0.5, 0.6) is 0 Å². The van der Waals surface area contributed by atoms with Crippen molar-refractivity contribution in [1.82, 2.24) is 4.31 Å². The van der Waals surface area contributed by atoms with Gasteiger partial charge in [-0.2, -0.15) is 4.31 Å². The monoisotopic (exact) mass is 544 g/mol. The van der Waals surface area contributed by atoms with Crippen LogP contribution in [0, 0.1) is 0 Å². The average molecular weight is 545 g/mol.